The molecule has 0 aliphatic heterocycles. The smallest absolute Gasteiger partial charge is 0.0656 e. The van der Waals surface area contributed by atoms with Gasteiger partial charge in [0.05, 0.1) is 16.1 Å². The Bertz CT molecular complexity index is 636. The summed E-state index contributed by atoms with van der Waals surface area (Å²) < 4.78 is 0. The van der Waals surface area contributed by atoms with E-state index in [0.717, 1.165) is 0 Å². The lowest BCUT2D eigenvalue weighted by Crippen LogP contribution is -2.41. The van der Waals surface area contributed by atoms with Crippen molar-refractivity contribution >= 4 is 48.1 Å². The van der Waals surface area contributed by atoms with Gasteiger partial charge < -0.3 is 0 Å². The lowest BCUT2D eigenvalue weighted by atomic mass is 9.98. The van der Waals surface area contributed by atoms with Crippen molar-refractivity contribution in [1.82, 2.24) is 0 Å². The molecule has 2 heteroatoms. The van der Waals surface area contributed by atoms with Gasteiger partial charge in [0, 0.05) is 0 Å². The molecule has 0 radical (unpaired) electrons. The molecular formula is C16H22Si2. The van der Waals surface area contributed by atoms with Crippen molar-refractivity contribution in [2.75, 3.05) is 0 Å². The molecule has 0 aromatic heterocycles. The van der Waals surface area contributed by atoms with E-state index in [1.165, 1.54) is 10.8 Å². The summed E-state index contributed by atoms with van der Waals surface area (Å²) in [6.07, 6.45) is 0. The minimum Gasteiger partial charge on any atom is -0.0656 e. The number of fused-ring (bicyclic) bond motifs is 2. The predicted molar refractivity (Wildman–Crippen MR) is 89.8 cm³/mol. The summed E-state index contributed by atoms with van der Waals surface area (Å²) in [4.78, 5) is 0. The van der Waals surface area contributed by atoms with Gasteiger partial charge >= 0.3 is 0 Å². The molecule has 0 amide bonds. The average Bonchev–Trinajstić information content (AvgIpc) is 2.07. The highest BCUT2D eigenvalue weighted by Crippen LogP contribution is 2.29. The molecule has 3 rings (SSSR count). The Labute approximate surface area is 112 Å². The first-order valence-electron chi connectivity index (χ1n) is 6.81. The first-order valence-corrected chi connectivity index (χ1v) is 13.8. The van der Waals surface area contributed by atoms with Gasteiger partial charge in [-0.15, -0.1) is 0 Å². The summed E-state index contributed by atoms with van der Waals surface area (Å²) >= 11 is 0. The molecule has 0 spiro atoms. The molecule has 0 nitrogen and oxygen atoms in total. The zero-order chi connectivity index (χ0) is 13.3. The van der Waals surface area contributed by atoms with Crippen LogP contribution >= 0.6 is 0 Å². The summed E-state index contributed by atoms with van der Waals surface area (Å²) in [5, 5.41) is 9.34. The fourth-order valence-electron chi connectivity index (χ4n) is 2.89. The molecule has 0 heterocycles. The zero-order valence-corrected chi connectivity index (χ0v) is 14.3. The second-order valence-electron chi connectivity index (χ2n) is 7.64. The number of rotatable bonds is 2. The van der Waals surface area contributed by atoms with Gasteiger partial charge in [0.25, 0.3) is 0 Å². The van der Waals surface area contributed by atoms with E-state index < -0.39 is 16.1 Å². The van der Waals surface area contributed by atoms with Crippen LogP contribution in [0.2, 0.25) is 39.3 Å². The van der Waals surface area contributed by atoms with Gasteiger partial charge in [-0.25, -0.2) is 0 Å². The molecule has 0 fully saturated rings. The molecule has 3 aromatic rings. The van der Waals surface area contributed by atoms with E-state index in [2.05, 4.69) is 63.5 Å². The number of benzene rings is 1. The average molecular weight is 271 g/mol. The van der Waals surface area contributed by atoms with Crippen molar-refractivity contribution in [3.8, 4) is 0 Å². The van der Waals surface area contributed by atoms with Gasteiger partial charge in [0.15, 0.2) is 0 Å². The van der Waals surface area contributed by atoms with Crippen LogP contribution < -0.4 is 10.4 Å². The fraction of sp³-hybridized carbons (Fsp3) is 0.375. The van der Waals surface area contributed by atoms with Crippen molar-refractivity contribution in [3.05, 3.63) is 24.3 Å². The van der Waals surface area contributed by atoms with E-state index in [4.69, 9.17) is 0 Å². The van der Waals surface area contributed by atoms with Crippen LogP contribution in [-0.2, 0) is 0 Å². The second kappa shape index (κ2) is 3.37. The van der Waals surface area contributed by atoms with Gasteiger partial charge in [-0.3, -0.25) is 0 Å². The van der Waals surface area contributed by atoms with Crippen LogP contribution in [0.25, 0.3) is 21.5 Å². The van der Waals surface area contributed by atoms with E-state index >= 15 is 0 Å². The molecule has 0 saturated heterocycles. The van der Waals surface area contributed by atoms with Crippen LogP contribution in [0.5, 0.6) is 0 Å². The molecular weight excluding hydrogens is 248 g/mol. The Morgan fingerprint density at radius 1 is 0.556 bits per heavy atom. The predicted octanol–water partition coefficient (Wildman–Crippen LogP) is 3.96. The minimum absolute atomic E-state index is 1.15. The Morgan fingerprint density at radius 2 is 0.889 bits per heavy atom. The van der Waals surface area contributed by atoms with Crippen molar-refractivity contribution in [2.24, 2.45) is 0 Å². The van der Waals surface area contributed by atoms with E-state index in [-0.39, 0.29) is 0 Å². The Morgan fingerprint density at radius 3 is 1.17 bits per heavy atom. The summed E-state index contributed by atoms with van der Waals surface area (Å²) in [5.41, 5.74) is 0. The third-order valence-electron chi connectivity index (χ3n) is 4.02. The van der Waals surface area contributed by atoms with E-state index in [9.17, 15) is 0 Å². The Hall–Kier alpha value is -0.866. The third-order valence-corrected chi connectivity index (χ3v) is 8.08. The summed E-state index contributed by atoms with van der Waals surface area (Å²) in [6, 6.07) is 9.73. The first kappa shape index (κ1) is 12.2. The van der Waals surface area contributed by atoms with Gasteiger partial charge in [0.2, 0.25) is 0 Å². The van der Waals surface area contributed by atoms with Gasteiger partial charge in [-0.05, 0) is 33.7 Å². The molecule has 0 aliphatic rings. The van der Waals surface area contributed by atoms with E-state index in [1.54, 1.807) is 21.1 Å². The first-order chi connectivity index (χ1) is 8.18. The quantitative estimate of drug-likeness (QED) is 0.618. The van der Waals surface area contributed by atoms with Gasteiger partial charge in [0.1, 0.15) is 0 Å². The van der Waals surface area contributed by atoms with Gasteiger partial charge in [-0.1, -0.05) is 61.8 Å². The number of hydrogen-bond donors (Lipinski definition) is 0. The largest absolute Gasteiger partial charge is 0.0784 e. The second-order valence-corrected chi connectivity index (χ2v) is 17.7. The third kappa shape index (κ3) is 1.62. The van der Waals surface area contributed by atoms with Crippen LogP contribution in [0.1, 0.15) is 0 Å². The monoisotopic (exact) mass is 270 g/mol. The van der Waals surface area contributed by atoms with Crippen molar-refractivity contribution in [3.63, 3.8) is 0 Å². The molecule has 0 saturated carbocycles. The van der Waals surface area contributed by atoms with Crippen LogP contribution in [0, 0.1) is 0 Å². The lowest BCUT2D eigenvalue weighted by molar-refractivity contribution is 1.71. The highest BCUT2D eigenvalue weighted by Gasteiger charge is 2.26. The molecule has 0 N–H and O–H groups in total. The van der Waals surface area contributed by atoms with Gasteiger partial charge in [-0.2, -0.15) is 0 Å². The van der Waals surface area contributed by atoms with E-state index in [0.29, 0.717) is 0 Å². The molecule has 0 aliphatic carbocycles. The van der Waals surface area contributed by atoms with Crippen LogP contribution in [0.4, 0.5) is 0 Å². The van der Waals surface area contributed by atoms with Crippen molar-refractivity contribution in [1.29, 1.82) is 0 Å². The summed E-state index contributed by atoms with van der Waals surface area (Å²) in [7, 11) is -2.29. The maximum absolute atomic E-state index is 2.43. The lowest BCUT2D eigenvalue weighted by Gasteiger charge is -2.27. The zero-order valence-electron chi connectivity index (χ0n) is 12.3. The minimum atomic E-state index is -1.15. The summed E-state index contributed by atoms with van der Waals surface area (Å²) in [6.45, 7) is 14.6. The standard InChI is InChI=1S/C16H22Si2/c1-17(2,3)15-9-11-8-14-12(7-13(11)15)10-16(14)18(4,5)6/h7-10H,1-6H3. The molecule has 3 aromatic carbocycles. The maximum atomic E-state index is 2.43. The highest BCUT2D eigenvalue weighted by atomic mass is 28.3. The van der Waals surface area contributed by atoms with Crippen molar-refractivity contribution in [2.45, 2.75) is 39.3 Å². The van der Waals surface area contributed by atoms with Crippen LogP contribution in [0.15, 0.2) is 24.3 Å². The highest BCUT2D eigenvalue weighted by molar-refractivity contribution is 6.92. The normalized spacial score (nSPS) is 14.1. The maximum Gasteiger partial charge on any atom is 0.0784 e. The molecule has 0 atom stereocenters. The topological polar surface area (TPSA) is 0 Å². The molecule has 94 valence electrons. The van der Waals surface area contributed by atoms with Crippen LogP contribution in [0.3, 0.4) is 0 Å². The Kier molecular flexibility index (Phi) is 2.28. The fourth-order valence-corrected chi connectivity index (χ4v) is 6.12. The van der Waals surface area contributed by atoms with Crippen LogP contribution in [-0.4, -0.2) is 16.1 Å². The SMILES string of the molecule is C[Si](C)(C)c1cc2cc3c([Si](C)(C)C)cc3cc12. The van der Waals surface area contributed by atoms with Crippen molar-refractivity contribution < 1.29 is 0 Å². The summed E-state index contributed by atoms with van der Waals surface area (Å²) in [5.74, 6) is 0. The molecule has 18 heavy (non-hydrogen) atoms. The number of hydrogen-bond acceptors (Lipinski definition) is 0. The molecule has 0 unspecified atom stereocenters. The van der Waals surface area contributed by atoms with E-state index in [1.807, 2.05) is 0 Å². The Balaban J connectivity index is 2.15. The molecule has 0 bridgehead atoms.